The standard InChI is InChI=1S/C21H20ClF3N4O2/c1-10-13(5-4-6-15(10)21(23,24)25)11(2)26-18-14-9-29(12-7-8-12)20(31)17(22)16(14)19(30)28(3)27-18/h4-6,9,11-12H,7-8H2,1-3H3,(H,26,27)/t11-/m1/s1. The van der Waals surface area contributed by atoms with Crippen molar-refractivity contribution in [3.8, 4) is 0 Å². The van der Waals surface area contributed by atoms with Crippen LogP contribution in [0.25, 0.3) is 10.8 Å². The zero-order valence-electron chi connectivity index (χ0n) is 17.0. The van der Waals surface area contributed by atoms with Gasteiger partial charge in [0.1, 0.15) is 5.02 Å². The summed E-state index contributed by atoms with van der Waals surface area (Å²) in [6.45, 7) is 3.13. The van der Waals surface area contributed by atoms with E-state index in [0.717, 1.165) is 23.6 Å². The molecule has 1 aliphatic rings. The number of rotatable bonds is 4. The monoisotopic (exact) mass is 452 g/mol. The topological polar surface area (TPSA) is 68.9 Å². The zero-order valence-corrected chi connectivity index (χ0v) is 17.8. The molecule has 3 aromatic rings. The molecule has 0 radical (unpaired) electrons. The summed E-state index contributed by atoms with van der Waals surface area (Å²) >= 11 is 6.27. The van der Waals surface area contributed by atoms with Gasteiger partial charge in [0.05, 0.1) is 17.0 Å². The number of nitrogens with zero attached hydrogens (tertiary/aromatic N) is 3. The molecule has 0 bridgehead atoms. The van der Waals surface area contributed by atoms with E-state index in [0.29, 0.717) is 10.9 Å². The van der Waals surface area contributed by atoms with Crippen molar-refractivity contribution in [3.05, 3.63) is 66.8 Å². The fraction of sp³-hybridized carbons (Fsp3) is 0.381. The Bertz CT molecular complexity index is 1310. The average molecular weight is 453 g/mol. The SMILES string of the molecule is Cc1c([C@@H](C)Nc2nn(C)c(=O)c3c(Cl)c(=O)n(C4CC4)cc23)cccc1C(F)(F)F. The van der Waals surface area contributed by atoms with Crippen molar-refractivity contribution in [1.29, 1.82) is 0 Å². The van der Waals surface area contributed by atoms with E-state index in [2.05, 4.69) is 10.4 Å². The fourth-order valence-corrected chi connectivity index (χ4v) is 4.12. The number of alkyl halides is 3. The van der Waals surface area contributed by atoms with E-state index in [9.17, 15) is 22.8 Å². The van der Waals surface area contributed by atoms with Crippen LogP contribution in [0.1, 0.15) is 48.5 Å². The molecule has 0 saturated heterocycles. The molecule has 1 aliphatic carbocycles. The summed E-state index contributed by atoms with van der Waals surface area (Å²) in [5.41, 5.74) is -1.11. The van der Waals surface area contributed by atoms with Crippen LogP contribution in [0.3, 0.4) is 0 Å². The lowest BCUT2D eigenvalue weighted by Crippen LogP contribution is -2.27. The van der Waals surface area contributed by atoms with Gasteiger partial charge in [-0.15, -0.1) is 0 Å². The molecule has 1 fully saturated rings. The molecular formula is C21H20ClF3N4O2. The first-order chi connectivity index (χ1) is 14.5. The summed E-state index contributed by atoms with van der Waals surface area (Å²) in [5, 5.41) is 7.58. The van der Waals surface area contributed by atoms with Gasteiger partial charge in [0, 0.05) is 24.7 Å². The third kappa shape index (κ3) is 3.71. The van der Waals surface area contributed by atoms with Crippen molar-refractivity contribution in [2.24, 2.45) is 7.05 Å². The lowest BCUT2D eigenvalue weighted by atomic mass is 9.97. The number of fused-ring (bicyclic) bond motifs is 1. The number of aromatic nitrogens is 3. The van der Waals surface area contributed by atoms with Crippen LogP contribution in [0.15, 0.2) is 34.0 Å². The van der Waals surface area contributed by atoms with Crippen molar-refractivity contribution >= 4 is 28.2 Å². The van der Waals surface area contributed by atoms with Crippen molar-refractivity contribution in [3.63, 3.8) is 0 Å². The lowest BCUT2D eigenvalue weighted by Gasteiger charge is -2.21. The van der Waals surface area contributed by atoms with Gasteiger partial charge in [-0.25, -0.2) is 4.68 Å². The van der Waals surface area contributed by atoms with Crippen LogP contribution in [0.2, 0.25) is 5.02 Å². The van der Waals surface area contributed by atoms with Gasteiger partial charge >= 0.3 is 6.18 Å². The number of anilines is 1. The normalized spacial score (nSPS) is 15.3. The molecule has 1 atom stereocenters. The van der Waals surface area contributed by atoms with Crippen LogP contribution in [0.5, 0.6) is 0 Å². The van der Waals surface area contributed by atoms with E-state index >= 15 is 0 Å². The number of hydrogen-bond donors (Lipinski definition) is 1. The first kappa shape index (κ1) is 21.4. The van der Waals surface area contributed by atoms with Crippen molar-refractivity contribution < 1.29 is 13.2 Å². The molecule has 0 amide bonds. The van der Waals surface area contributed by atoms with Gasteiger partial charge in [-0.05, 0) is 43.9 Å². The number of hydrogen-bond acceptors (Lipinski definition) is 4. The van der Waals surface area contributed by atoms with Crippen LogP contribution in [-0.4, -0.2) is 14.3 Å². The maximum atomic E-state index is 13.3. The van der Waals surface area contributed by atoms with Gasteiger partial charge in [0.25, 0.3) is 11.1 Å². The largest absolute Gasteiger partial charge is 0.416 e. The Balaban J connectivity index is 1.85. The first-order valence-electron chi connectivity index (χ1n) is 9.75. The molecule has 1 saturated carbocycles. The van der Waals surface area contributed by atoms with Crippen LogP contribution in [0.4, 0.5) is 19.0 Å². The Labute approximate surface area is 180 Å². The molecule has 1 aromatic carbocycles. The molecule has 31 heavy (non-hydrogen) atoms. The third-order valence-corrected chi connectivity index (χ3v) is 5.98. The first-order valence-corrected chi connectivity index (χ1v) is 10.1. The van der Waals surface area contributed by atoms with E-state index in [-0.39, 0.29) is 27.8 Å². The Morgan fingerprint density at radius 3 is 2.52 bits per heavy atom. The highest BCUT2D eigenvalue weighted by atomic mass is 35.5. The fourth-order valence-electron chi connectivity index (χ4n) is 3.84. The van der Waals surface area contributed by atoms with Crippen molar-refractivity contribution in [1.82, 2.24) is 14.3 Å². The Kier molecular flexibility index (Phi) is 5.12. The highest BCUT2D eigenvalue weighted by Crippen LogP contribution is 2.37. The Morgan fingerprint density at radius 1 is 1.23 bits per heavy atom. The van der Waals surface area contributed by atoms with E-state index in [4.69, 9.17) is 11.6 Å². The number of halogens is 4. The summed E-state index contributed by atoms with van der Waals surface area (Å²) in [7, 11) is 1.43. The molecule has 2 aromatic heterocycles. The molecule has 164 valence electrons. The second kappa shape index (κ2) is 7.40. The summed E-state index contributed by atoms with van der Waals surface area (Å²) in [5.74, 6) is 0.262. The highest BCUT2D eigenvalue weighted by molar-refractivity contribution is 6.35. The lowest BCUT2D eigenvalue weighted by molar-refractivity contribution is -0.138. The van der Waals surface area contributed by atoms with Gasteiger partial charge in [-0.3, -0.25) is 9.59 Å². The number of aryl methyl sites for hydroxylation is 1. The number of pyridine rings is 1. The predicted molar refractivity (Wildman–Crippen MR) is 113 cm³/mol. The quantitative estimate of drug-likeness (QED) is 0.629. The smallest absolute Gasteiger partial charge is 0.362 e. The minimum atomic E-state index is -4.46. The number of benzene rings is 1. The average Bonchev–Trinajstić information content (AvgIpc) is 3.52. The molecule has 0 aliphatic heterocycles. The predicted octanol–water partition coefficient (Wildman–Crippen LogP) is 4.58. The van der Waals surface area contributed by atoms with E-state index < -0.39 is 28.9 Å². The van der Waals surface area contributed by atoms with Crippen molar-refractivity contribution in [2.45, 2.75) is 44.9 Å². The summed E-state index contributed by atoms with van der Waals surface area (Å²) in [4.78, 5) is 25.2. The maximum Gasteiger partial charge on any atom is 0.416 e. The van der Waals surface area contributed by atoms with Crippen LogP contribution in [-0.2, 0) is 13.2 Å². The molecule has 0 spiro atoms. The molecule has 10 heteroatoms. The summed E-state index contributed by atoms with van der Waals surface area (Å²) in [6.07, 6.45) is -1.23. The highest BCUT2D eigenvalue weighted by Gasteiger charge is 2.33. The van der Waals surface area contributed by atoms with E-state index in [1.807, 2.05) is 0 Å². The second-order valence-electron chi connectivity index (χ2n) is 7.84. The molecule has 0 unspecified atom stereocenters. The van der Waals surface area contributed by atoms with E-state index in [1.165, 1.54) is 24.6 Å². The van der Waals surface area contributed by atoms with Gasteiger partial charge in [-0.1, -0.05) is 23.7 Å². The van der Waals surface area contributed by atoms with Gasteiger partial charge in [-0.2, -0.15) is 18.3 Å². The molecular weight excluding hydrogens is 433 g/mol. The molecule has 2 heterocycles. The molecule has 6 nitrogen and oxygen atoms in total. The van der Waals surface area contributed by atoms with Crippen LogP contribution in [0, 0.1) is 6.92 Å². The second-order valence-corrected chi connectivity index (χ2v) is 8.21. The van der Waals surface area contributed by atoms with Crippen LogP contribution < -0.4 is 16.4 Å². The third-order valence-electron chi connectivity index (χ3n) is 5.63. The van der Waals surface area contributed by atoms with Crippen molar-refractivity contribution in [2.75, 3.05) is 5.32 Å². The minimum Gasteiger partial charge on any atom is -0.362 e. The summed E-state index contributed by atoms with van der Waals surface area (Å²) in [6, 6.07) is 3.47. The number of nitrogens with one attached hydrogen (secondary N) is 1. The van der Waals surface area contributed by atoms with Gasteiger partial charge in [0.2, 0.25) is 0 Å². The zero-order chi connectivity index (χ0) is 22.7. The summed E-state index contributed by atoms with van der Waals surface area (Å²) < 4.78 is 42.5. The van der Waals surface area contributed by atoms with Crippen LogP contribution >= 0.6 is 11.6 Å². The Hall–Kier alpha value is -2.81. The minimum absolute atomic E-state index is 0.0226. The molecule has 1 N–H and O–H groups in total. The Morgan fingerprint density at radius 2 is 1.90 bits per heavy atom. The molecule has 4 rings (SSSR count). The maximum absolute atomic E-state index is 13.3. The van der Waals surface area contributed by atoms with Gasteiger partial charge in [0.15, 0.2) is 5.82 Å². The van der Waals surface area contributed by atoms with Gasteiger partial charge < -0.3 is 9.88 Å². The van der Waals surface area contributed by atoms with E-state index in [1.54, 1.807) is 19.2 Å².